The smallest absolute Gasteiger partial charge is 0.0705 e. The van der Waals surface area contributed by atoms with Crippen LogP contribution in [-0.2, 0) is 6.54 Å². The summed E-state index contributed by atoms with van der Waals surface area (Å²) in [6.45, 7) is 5.08. The van der Waals surface area contributed by atoms with Crippen molar-refractivity contribution in [3.63, 3.8) is 0 Å². The molecule has 2 aromatic carbocycles. The molecular formula is C19H20N2. The van der Waals surface area contributed by atoms with Gasteiger partial charge in [-0.15, -0.1) is 0 Å². The fourth-order valence-electron chi connectivity index (χ4n) is 2.52. The summed E-state index contributed by atoms with van der Waals surface area (Å²) >= 11 is 0. The lowest BCUT2D eigenvalue weighted by molar-refractivity contribution is 0.575. The SMILES string of the molecule is Cc1ccc2cc(CN[C@@H](C)c3ccccc3)ccc2n1. The van der Waals surface area contributed by atoms with Crippen molar-refractivity contribution in [3.8, 4) is 0 Å². The Morgan fingerprint density at radius 1 is 1.00 bits per heavy atom. The number of pyridine rings is 1. The molecule has 106 valence electrons. The summed E-state index contributed by atoms with van der Waals surface area (Å²) < 4.78 is 0. The van der Waals surface area contributed by atoms with Gasteiger partial charge < -0.3 is 5.32 Å². The van der Waals surface area contributed by atoms with Gasteiger partial charge >= 0.3 is 0 Å². The van der Waals surface area contributed by atoms with Crippen LogP contribution < -0.4 is 5.32 Å². The van der Waals surface area contributed by atoms with Crippen molar-refractivity contribution in [2.75, 3.05) is 0 Å². The van der Waals surface area contributed by atoms with E-state index in [9.17, 15) is 0 Å². The van der Waals surface area contributed by atoms with Gasteiger partial charge in [-0.25, -0.2) is 0 Å². The molecule has 0 fully saturated rings. The van der Waals surface area contributed by atoms with Crippen LogP contribution in [-0.4, -0.2) is 4.98 Å². The molecule has 0 bridgehead atoms. The second kappa shape index (κ2) is 6.06. The van der Waals surface area contributed by atoms with Crippen LogP contribution in [0.15, 0.2) is 60.7 Å². The van der Waals surface area contributed by atoms with Crippen molar-refractivity contribution in [2.24, 2.45) is 0 Å². The Bertz CT molecular complexity index is 735. The van der Waals surface area contributed by atoms with Gasteiger partial charge in [0.1, 0.15) is 0 Å². The van der Waals surface area contributed by atoms with Crippen molar-refractivity contribution in [3.05, 3.63) is 77.5 Å². The molecule has 0 amide bonds. The van der Waals surface area contributed by atoms with E-state index in [0.29, 0.717) is 6.04 Å². The second-order valence-electron chi connectivity index (χ2n) is 5.49. The quantitative estimate of drug-likeness (QED) is 0.764. The Balaban J connectivity index is 1.72. The van der Waals surface area contributed by atoms with Crippen LogP contribution in [0.3, 0.4) is 0 Å². The largest absolute Gasteiger partial charge is 0.306 e. The van der Waals surface area contributed by atoms with Crippen molar-refractivity contribution in [1.29, 1.82) is 0 Å². The lowest BCUT2D eigenvalue weighted by atomic mass is 10.1. The average Bonchev–Trinajstić information content (AvgIpc) is 2.53. The number of fused-ring (bicyclic) bond motifs is 1. The molecule has 1 N–H and O–H groups in total. The number of hydrogen-bond donors (Lipinski definition) is 1. The third-order valence-corrected chi connectivity index (χ3v) is 3.80. The van der Waals surface area contributed by atoms with Gasteiger partial charge in [-0.05, 0) is 43.2 Å². The molecular weight excluding hydrogens is 256 g/mol. The van der Waals surface area contributed by atoms with Gasteiger partial charge in [0, 0.05) is 23.7 Å². The third kappa shape index (κ3) is 3.29. The number of rotatable bonds is 4. The summed E-state index contributed by atoms with van der Waals surface area (Å²) in [4.78, 5) is 4.54. The lowest BCUT2D eigenvalue weighted by Gasteiger charge is -2.14. The summed E-state index contributed by atoms with van der Waals surface area (Å²) in [5.41, 5.74) is 4.73. The summed E-state index contributed by atoms with van der Waals surface area (Å²) in [7, 11) is 0. The zero-order chi connectivity index (χ0) is 14.7. The van der Waals surface area contributed by atoms with Gasteiger partial charge in [-0.3, -0.25) is 4.98 Å². The normalized spacial score (nSPS) is 12.5. The molecule has 0 aliphatic heterocycles. The second-order valence-corrected chi connectivity index (χ2v) is 5.49. The first-order valence-electron chi connectivity index (χ1n) is 7.37. The minimum Gasteiger partial charge on any atom is -0.306 e. The predicted molar refractivity (Wildman–Crippen MR) is 88.2 cm³/mol. The molecule has 0 unspecified atom stereocenters. The van der Waals surface area contributed by atoms with E-state index in [2.05, 4.69) is 77.9 Å². The van der Waals surface area contributed by atoms with Crippen LogP contribution in [0.5, 0.6) is 0 Å². The zero-order valence-electron chi connectivity index (χ0n) is 12.5. The number of aryl methyl sites for hydroxylation is 1. The fourth-order valence-corrected chi connectivity index (χ4v) is 2.52. The van der Waals surface area contributed by atoms with Gasteiger partial charge in [0.2, 0.25) is 0 Å². The summed E-state index contributed by atoms with van der Waals surface area (Å²) in [5.74, 6) is 0. The molecule has 0 aliphatic rings. The first-order chi connectivity index (χ1) is 10.2. The molecule has 2 nitrogen and oxygen atoms in total. The molecule has 0 radical (unpaired) electrons. The Morgan fingerprint density at radius 2 is 1.81 bits per heavy atom. The maximum Gasteiger partial charge on any atom is 0.0705 e. The van der Waals surface area contributed by atoms with E-state index in [1.807, 2.05) is 6.92 Å². The van der Waals surface area contributed by atoms with Gasteiger partial charge in [-0.2, -0.15) is 0 Å². The predicted octanol–water partition coefficient (Wildman–Crippen LogP) is 4.39. The van der Waals surface area contributed by atoms with Crippen molar-refractivity contribution >= 4 is 10.9 Å². The van der Waals surface area contributed by atoms with Gasteiger partial charge in [-0.1, -0.05) is 42.5 Å². The number of benzene rings is 2. The molecule has 1 aromatic heterocycles. The summed E-state index contributed by atoms with van der Waals surface area (Å²) in [5, 5.41) is 4.77. The van der Waals surface area contributed by atoms with Crippen LogP contribution in [0, 0.1) is 6.92 Å². The third-order valence-electron chi connectivity index (χ3n) is 3.80. The van der Waals surface area contributed by atoms with Crippen LogP contribution in [0.4, 0.5) is 0 Å². The Hall–Kier alpha value is -2.19. The van der Waals surface area contributed by atoms with E-state index in [1.165, 1.54) is 16.5 Å². The van der Waals surface area contributed by atoms with E-state index in [-0.39, 0.29) is 0 Å². The van der Waals surface area contributed by atoms with Crippen LogP contribution in [0.1, 0.15) is 29.8 Å². The minimum absolute atomic E-state index is 0.345. The van der Waals surface area contributed by atoms with Crippen molar-refractivity contribution in [2.45, 2.75) is 26.4 Å². The molecule has 0 spiro atoms. The number of aromatic nitrogens is 1. The van der Waals surface area contributed by atoms with Gasteiger partial charge in [0.15, 0.2) is 0 Å². The topological polar surface area (TPSA) is 24.9 Å². The summed E-state index contributed by atoms with van der Waals surface area (Å²) in [6, 6.07) is 21.5. The van der Waals surface area contributed by atoms with E-state index in [1.54, 1.807) is 0 Å². The van der Waals surface area contributed by atoms with E-state index in [4.69, 9.17) is 0 Å². The molecule has 1 atom stereocenters. The molecule has 1 heterocycles. The lowest BCUT2D eigenvalue weighted by Crippen LogP contribution is -2.17. The Kier molecular flexibility index (Phi) is 3.98. The molecule has 0 saturated heterocycles. The van der Waals surface area contributed by atoms with Gasteiger partial charge in [0.05, 0.1) is 5.52 Å². The maximum absolute atomic E-state index is 4.54. The minimum atomic E-state index is 0.345. The molecule has 3 rings (SSSR count). The molecule has 3 aromatic rings. The Labute approximate surface area is 125 Å². The first-order valence-corrected chi connectivity index (χ1v) is 7.37. The molecule has 0 aliphatic carbocycles. The van der Waals surface area contributed by atoms with Crippen molar-refractivity contribution in [1.82, 2.24) is 10.3 Å². The number of nitrogens with one attached hydrogen (secondary N) is 1. The molecule has 0 saturated carbocycles. The standard InChI is InChI=1S/C19H20N2/c1-14-8-10-18-12-16(9-11-19(18)21-14)13-20-15(2)17-6-4-3-5-7-17/h3-12,15,20H,13H2,1-2H3/t15-/m0/s1. The first kappa shape index (κ1) is 13.8. The van der Waals surface area contributed by atoms with Crippen molar-refractivity contribution < 1.29 is 0 Å². The zero-order valence-corrected chi connectivity index (χ0v) is 12.5. The number of nitrogens with zero attached hydrogens (tertiary/aromatic N) is 1. The molecule has 2 heteroatoms. The van der Waals surface area contributed by atoms with E-state index in [0.717, 1.165) is 17.8 Å². The summed E-state index contributed by atoms with van der Waals surface area (Å²) in [6.07, 6.45) is 0. The highest BCUT2D eigenvalue weighted by Crippen LogP contribution is 2.16. The highest BCUT2D eigenvalue weighted by molar-refractivity contribution is 5.79. The highest BCUT2D eigenvalue weighted by Gasteiger charge is 2.04. The molecule has 21 heavy (non-hydrogen) atoms. The fraction of sp³-hybridized carbons (Fsp3) is 0.211. The van der Waals surface area contributed by atoms with Crippen LogP contribution >= 0.6 is 0 Å². The van der Waals surface area contributed by atoms with Crippen LogP contribution in [0.25, 0.3) is 10.9 Å². The highest BCUT2D eigenvalue weighted by atomic mass is 14.9. The van der Waals surface area contributed by atoms with Gasteiger partial charge in [0.25, 0.3) is 0 Å². The Morgan fingerprint density at radius 3 is 2.62 bits per heavy atom. The monoisotopic (exact) mass is 276 g/mol. The van der Waals surface area contributed by atoms with Crippen LogP contribution in [0.2, 0.25) is 0 Å². The average molecular weight is 276 g/mol. The van der Waals surface area contributed by atoms with E-state index < -0.39 is 0 Å². The maximum atomic E-state index is 4.54. The van der Waals surface area contributed by atoms with E-state index >= 15 is 0 Å². The number of hydrogen-bond acceptors (Lipinski definition) is 2.